The van der Waals surface area contributed by atoms with Gasteiger partial charge in [0.15, 0.2) is 6.10 Å². The Kier molecular flexibility index (Phi) is 33.8. The SMILES string of the molecule is CC/C=C\C/C=C\C/C=C\CCCCCCCC(=O)O[C@H](COC(=O)CCCCCCCCCCCCCCCCC)COP(=O)([O-])[O-]. The van der Waals surface area contributed by atoms with E-state index < -0.39 is 32.5 Å². The minimum absolute atomic E-state index is 0.162. The predicted octanol–water partition coefficient (Wildman–Crippen LogP) is 10.1. The van der Waals surface area contributed by atoms with Crippen molar-refractivity contribution in [3.05, 3.63) is 36.5 Å². The van der Waals surface area contributed by atoms with Gasteiger partial charge in [-0.15, -0.1) is 0 Å². The van der Waals surface area contributed by atoms with Crippen molar-refractivity contribution >= 4 is 19.8 Å². The van der Waals surface area contributed by atoms with E-state index in [1.54, 1.807) is 0 Å². The van der Waals surface area contributed by atoms with Crippen molar-refractivity contribution in [2.75, 3.05) is 13.2 Å². The number of allylic oxidation sites excluding steroid dienone is 6. The van der Waals surface area contributed by atoms with Crippen LogP contribution in [0.5, 0.6) is 0 Å². The summed E-state index contributed by atoms with van der Waals surface area (Å²) in [6.07, 6.45) is 39.6. The van der Waals surface area contributed by atoms with E-state index in [-0.39, 0.29) is 19.4 Å². The van der Waals surface area contributed by atoms with Gasteiger partial charge in [-0.25, -0.2) is 0 Å². The van der Waals surface area contributed by atoms with Crippen LogP contribution in [0.4, 0.5) is 0 Å². The topological polar surface area (TPSA) is 125 Å². The molecule has 0 aromatic heterocycles. The highest BCUT2D eigenvalue weighted by Gasteiger charge is 2.18. The summed E-state index contributed by atoms with van der Waals surface area (Å²) in [5.41, 5.74) is 0. The quantitative estimate of drug-likeness (QED) is 0.0277. The molecule has 0 aromatic rings. The van der Waals surface area contributed by atoms with Crippen LogP contribution in [0.25, 0.3) is 0 Å². The van der Waals surface area contributed by atoms with Gasteiger partial charge in [0.2, 0.25) is 0 Å². The second kappa shape index (κ2) is 35.1. The average molecular weight is 697 g/mol. The van der Waals surface area contributed by atoms with Crippen LogP contribution in [0, 0.1) is 0 Å². The lowest BCUT2D eigenvalue weighted by Crippen LogP contribution is -2.31. The van der Waals surface area contributed by atoms with Crippen molar-refractivity contribution in [2.45, 2.75) is 187 Å². The number of hydrogen-bond donors (Lipinski definition) is 0. The van der Waals surface area contributed by atoms with E-state index in [0.717, 1.165) is 64.2 Å². The highest BCUT2D eigenvalue weighted by atomic mass is 31.2. The summed E-state index contributed by atoms with van der Waals surface area (Å²) < 4.78 is 25.8. The Labute approximate surface area is 293 Å². The average Bonchev–Trinajstić information content (AvgIpc) is 3.05. The second-order valence-electron chi connectivity index (χ2n) is 12.8. The van der Waals surface area contributed by atoms with Gasteiger partial charge >= 0.3 is 11.9 Å². The molecule has 1 atom stereocenters. The highest BCUT2D eigenvalue weighted by Crippen LogP contribution is 2.25. The van der Waals surface area contributed by atoms with Crippen LogP contribution in [0.1, 0.15) is 181 Å². The number of carbonyl (C=O) groups excluding carboxylic acids is 2. The van der Waals surface area contributed by atoms with Gasteiger partial charge in [0.25, 0.3) is 0 Å². The Morgan fingerprint density at radius 3 is 1.50 bits per heavy atom. The first-order valence-electron chi connectivity index (χ1n) is 19.2. The molecule has 0 saturated carbocycles. The van der Waals surface area contributed by atoms with Gasteiger partial charge in [0.05, 0.1) is 14.4 Å². The molecule has 0 rings (SSSR count). The van der Waals surface area contributed by atoms with Crippen LogP contribution in [-0.4, -0.2) is 31.3 Å². The standard InChI is InChI=1S/C39H71O8P/c1-3-5-7-9-11-13-15-17-19-21-23-25-27-29-31-33-38(40)45-35-37(36-46-48(42,43)44)47-39(41)34-32-30-28-26-24-22-20-18-16-14-12-10-8-6-4-2/h6,8,12,14,18,20,37H,3-5,7,9-11,13,15-17,19,21-36H2,1-2H3,(H2,42,43,44)/p-2/b8-6-,14-12-,20-18-/t37-/m1/s1. The fraction of sp³-hybridized carbons (Fsp3) is 0.795. The minimum Gasteiger partial charge on any atom is -0.790 e. The van der Waals surface area contributed by atoms with Crippen molar-refractivity contribution in [1.29, 1.82) is 0 Å². The van der Waals surface area contributed by atoms with Crippen molar-refractivity contribution < 1.29 is 37.9 Å². The first-order valence-corrected chi connectivity index (χ1v) is 20.7. The molecule has 0 unspecified atom stereocenters. The largest absolute Gasteiger partial charge is 0.790 e. The summed E-state index contributed by atoms with van der Waals surface area (Å²) in [7, 11) is -5.25. The summed E-state index contributed by atoms with van der Waals surface area (Å²) in [5, 5.41) is 0. The van der Waals surface area contributed by atoms with Crippen LogP contribution >= 0.6 is 7.82 Å². The van der Waals surface area contributed by atoms with Gasteiger partial charge in [0, 0.05) is 12.8 Å². The lowest BCUT2D eigenvalue weighted by Gasteiger charge is -2.30. The molecule has 0 aliphatic heterocycles. The monoisotopic (exact) mass is 696 g/mol. The smallest absolute Gasteiger partial charge is 0.306 e. The molecule has 0 saturated heterocycles. The Morgan fingerprint density at radius 2 is 1.00 bits per heavy atom. The summed E-state index contributed by atoms with van der Waals surface area (Å²) in [4.78, 5) is 46.4. The second-order valence-corrected chi connectivity index (χ2v) is 14.0. The van der Waals surface area contributed by atoms with Gasteiger partial charge in [0.1, 0.15) is 6.61 Å². The molecule has 0 aromatic carbocycles. The Hall–Kier alpha value is -1.73. The van der Waals surface area contributed by atoms with E-state index in [9.17, 15) is 23.9 Å². The molecular formula is C39H69O8P-2. The number of rotatable bonds is 35. The molecule has 0 bridgehead atoms. The van der Waals surface area contributed by atoms with Gasteiger partial charge in [-0.2, -0.15) is 0 Å². The zero-order valence-corrected chi connectivity index (χ0v) is 31.4. The molecule has 48 heavy (non-hydrogen) atoms. The van der Waals surface area contributed by atoms with Gasteiger partial charge in [-0.1, -0.05) is 159 Å². The lowest BCUT2D eigenvalue weighted by molar-refractivity contribution is -0.343. The number of ether oxygens (including phenoxy) is 2. The minimum atomic E-state index is -5.25. The molecule has 0 heterocycles. The molecule has 0 aliphatic carbocycles. The number of phosphoric acid groups is 1. The Bertz CT molecular complexity index is 879. The molecule has 9 heteroatoms. The first kappa shape index (κ1) is 46.3. The number of phosphoric ester groups is 1. The number of carbonyl (C=O) groups is 2. The molecule has 0 amide bonds. The Balaban J connectivity index is 3.97. The number of hydrogen-bond acceptors (Lipinski definition) is 8. The van der Waals surface area contributed by atoms with Crippen molar-refractivity contribution in [1.82, 2.24) is 0 Å². The van der Waals surface area contributed by atoms with E-state index in [1.165, 1.54) is 77.0 Å². The van der Waals surface area contributed by atoms with Gasteiger partial charge in [-0.05, 0) is 44.9 Å². The van der Waals surface area contributed by atoms with Crippen LogP contribution in [0.15, 0.2) is 36.5 Å². The van der Waals surface area contributed by atoms with Crippen LogP contribution in [0.3, 0.4) is 0 Å². The number of esters is 2. The van der Waals surface area contributed by atoms with E-state index in [2.05, 4.69) is 54.8 Å². The molecule has 0 N–H and O–H groups in total. The van der Waals surface area contributed by atoms with E-state index in [4.69, 9.17) is 9.47 Å². The van der Waals surface area contributed by atoms with E-state index >= 15 is 0 Å². The summed E-state index contributed by atoms with van der Waals surface area (Å²) in [6, 6.07) is 0. The molecule has 8 nitrogen and oxygen atoms in total. The van der Waals surface area contributed by atoms with Crippen molar-refractivity contribution in [3.8, 4) is 0 Å². The van der Waals surface area contributed by atoms with E-state index in [1.807, 2.05) is 0 Å². The van der Waals surface area contributed by atoms with Gasteiger partial charge < -0.3 is 28.3 Å². The normalized spacial score (nSPS) is 12.8. The summed E-state index contributed by atoms with van der Waals surface area (Å²) in [5.74, 6) is -0.973. The fourth-order valence-electron chi connectivity index (χ4n) is 5.32. The molecule has 0 aliphatic rings. The molecule has 0 fully saturated rings. The van der Waals surface area contributed by atoms with Crippen molar-refractivity contribution in [3.63, 3.8) is 0 Å². The lowest BCUT2D eigenvalue weighted by atomic mass is 10.0. The maximum Gasteiger partial charge on any atom is 0.306 e. The fourth-order valence-corrected chi connectivity index (χ4v) is 5.67. The third-order valence-corrected chi connectivity index (χ3v) is 8.63. The predicted molar refractivity (Wildman–Crippen MR) is 193 cm³/mol. The third kappa shape index (κ3) is 37.1. The maximum atomic E-state index is 12.3. The van der Waals surface area contributed by atoms with Crippen LogP contribution < -0.4 is 9.79 Å². The highest BCUT2D eigenvalue weighted by molar-refractivity contribution is 7.43. The van der Waals surface area contributed by atoms with Gasteiger partial charge in [-0.3, -0.25) is 9.59 Å². The molecular weight excluding hydrogens is 627 g/mol. The van der Waals surface area contributed by atoms with Crippen molar-refractivity contribution in [2.24, 2.45) is 0 Å². The van der Waals surface area contributed by atoms with Crippen LogP contribution in [-0.2, 0) is 28.2 Å². The third-order valence-electron chi connectivity index (χ3n) is 8.16. The maximum absolute atomic E-state index is 12.3. The number of unbranched alkanes of at least 4 members (excludes halogenated alkanes) is 19. The molecule has 0 spiro atoms. The molecule has 0 radical (unpaired) electrons. The Morgan fingerprint density at radius 1 is 0.562 bits per heavy atom. The van der Waals surface area contributed by atoms with Crippen LogP contribution in [0.2, 0.25) is 0 Å². The summed E-state index contributed by atoms with van der Waals surface area (Å²) >= 11 is 0. The first-order chi connectivity index (χ1) is 23.3. The zero-order valence-electron chi connectivity index (χ0n) is 30.6. The van der Waals surface area contributed by atoms with E-state index in [0.29, 0.717) is 12.8 Å². The molecule has 280 valence electrons. The zero-order chi connectivity index (χ0) is 35.4. The summed E-state index contributed by atoms with van der Waals surface area (Å²) in [6.45, 7) is 3.37.